The van der Waals surface area contributed by atoms with Crippen molar-refractivity contribution >= 4 is 17.7 Å². The third-order valence-electron chi connectivity index (χ3n) is 3.91. The highest BCUT2D eigenvalue weighted by molar-refractivity contribution is 6.03. The summed E-state index contributed by atoms with van der Waals surface area (Å²) in [7, 11) is 0. The van der Waals surface area contributed by atoms with Crippen LogP contribution in [0.5, 0.6) is 0 Å². The van der Waals surface area contributed by atoms with Crippen molar-refractivity contribution < 1.29 is 28.6 Å². The Morgan fingerprint density at radius 2 is 1.69 bits per heavy atom. The van der Waals surface area contributed by atoms with Crippen LogP contribution in [-0.2, 0) is 28.6 Å². The number of hydrogen-bond donors (Lipinski definition) is 1. The monoisotopic (exact) mass is 372 g/mol. The highest BCUT2D eigenvalue weighted by atomic mass is 16.5. The third kappa shape index (κ3) is 9.26. The largest absolute Gasteiger partial charge is 0.379 e. The highest BCUT2D eigenvalue weighted by Crippen LogP contribution is 2.18. The van der Waals surface area contributed by atoms with E-state index >= 15 is 0 Å². The van der Waals surface area contributed by atoms with Gasteiger partial charge in [0.15, 0.2) is 0 Å². The Morgan fingerprint density at radius 3 is 2.27 bits per heavy atom. The molecule has 150 valence electrons. The van der Waals surface area contributed by atoms with Gasteiger partial charge < -0.3 is 19.5 Å². The third-order valence-corrected chi connectivity index (χ3v) is 3.91. The molecule has 0 bridgehead atoms. The van der Waals surface area contributed by atoms with E-state index in [9.17, 15) is 14.4 Å². The number of amides is 3. The summed E-state index contributed by atoms with van der Waals surface area (Å²) in [6, 6.07) is 0. The Labute approximate surface area is 155 Å². The van der Waals surface area contributed by atoms with Gasteiger partial charge in [-0.25, -0.2) is 0 Å². The number of imide groups is 1. The summed E-state index contributed by atoms with van der Waals surface area (Å²) < 4.78 is 16.0. The Balaban J connectivity index is 1.90. The van der Waals surface area contributed by atoms with Crippen LogP contribution < -0.4 is 5.32 Å². The van der Waals surface area contributed by atoms with Crippen LogP contribution in [0.1, 0.15) is 39.5 Å². The minimum atomic E-state index is -0.268. The summed E-state index contributed by atoms with van der Waals surface area (Å²) in [5.41, 5.74) is 0. The van der Waals surface area contributed by atoms with Crippen LogP contribution >= 0.6 is 0 Å². The van der Waals surface area contributed by atoms with E-state index in [1.54, 1.807) is 6.92 Å². The van der Waals surface area contributed by atoms with Crippen molar-refractivity contribution in [1.29, 1.82) is 0 Å². The summed E-state index contributed by atoms with van der Waals surface area (Å²) in [6.07, 6.45) is 2.09. The van der Waals surface area contributed by atoms with Gasteiger partial charge in [0, 0.05) is 45.1 Å². The van der Waals surface area contributed by atoms with Crippen molar-refractivity contribution in [2.75, 3.05) is 52.7 Å². The lowest BCUT2D eigenvalue weighted by Crippen LogP contribution is -2.35. The van der Waals surface area contributed by atoms with Gasteiger partial charge in [-0.1, -0.05) is 13.8 Å². The second kappa shape index (κ2) is 13.7. The van der Waals surface area contributed by atoms with Crippen LogP contribution in [0.4, 0.5) is 0 Å². The summed E-state index contributed by atoms with van der Waals surface area (Å²) >= 11 is 0. The van der Waals surface area contributed by atoms with Gasteiger partial charge in [-0.05, 0) is 12.8 Å². The van der Waals surface area contributed by atoms with E-state index in [1.165, 1.54) is 4.90 Å². The molecule has 1 rings (SSSR count). The molecule has 0 aromatic heterocycles. The maximum absolute atomic E-state index is 11.7. The fourth-order valence-electron chi connectivity index (χ4n) is 2.47. The maximum Gasteiger partial charge on any atom is 0.232 e. The fourth-order valence-corrected chi connectivity index (χ4v) is 2.47. The minimum Gasteiger partial charge on any atom is -0.379 e. The van der Waals surface area contributed by atoms with Crippen LogP contribution in [-0.4, -0.2) is 75.4 Å². The van der Waals surface area contributed by atoms with Crippen molar-refractivity contribution in [3.8, 4) is 0 Å². The molecule has 1 N–H and O–H groups in total. The van der Waals surface area contributed by atoms with E-state index in [2.05, 4.69) is 12.2 Å². The molecule has 1 aliphatic heterocycles. The summed E-state index contributed by atoms with van der Waals surface area (Å²) in [5, 5.41) is 2.76. The highest BCUT2D eigenvalue weighted by Gasteiger charge is 2.35. The van der Waals surface area contributed by atoms with Crippen molar-refractivity contribution in [2.45, 2.75) is 39.5 Å². The summed E-state index contributed by atoms with van der Waals surface area (Å²) in [5.74, 6) is -0.811. The molecular weight excluding hydrogens is 340 g/mol. The van der Waals surface area contributed by atoms with E-state index in [4.69, 9.17) is 14.2 Å². The molecule has 1 aliphatic rings. The Kier molecular flexibility index (Phi) is 11.8. The molecule has 1 saturated heterocycles. The average Bonchev–Trinajstić information content (AvgIpc) is 2.86. The van der Waals surface area contributed by atoms with E-state index in [0.29, 0.717) is 46.0 Å². The molecular formula is C18H32N2O6. The van der Waals surface area contributed by atoms with Crippen LogP contribution in [0, 0.1) is 5.92 Å². The van der Waals surface area contributed by atoms with Crippen molar-refractivity contribution in [3.05, 3.63) is 0 Å². The Hall–Kier alpha value is -1.51. The average molecular weight is 372 g/mol. The lowest BCUT2D eigenvalue weighted by Gasteiger charge is -2.14. The first-order chi connectivity index (χ1) is 12.6. The van der Waals surface area contributed by atoms with Gasteiger partial charge in [0.1, 0.15) is 0 Å². The molecule has 1 atom stereocenters. The SMILES string of the molecule is CCCOCCOCCOCCCNC(=O)CCN1C(=O)CC(C)C1=O. The zero-order valence-corrected chi connectivity index (χ0v) is 16.0. The maximum atomic E-state index is 11.7. The molecule has 26 heavy (non-hydrogen) atoms. The first-order valence-electron chi connectivity index (χ1n) is 9.40. The zero-order valence-electron chi connectivity index (χ0n) is 16.0. The molecule has 0 aliphatic carbocycles. The van der Waals surface area contributed by atoms with Gasteiger partial charge in [-0.3, -0.25) is 19.3 Å². The molecule has 0 aromatic rings. The predicted octanol–water partition coefficient (Wildman–Crippen LogP) is 0.738. The lowest BCUT2D eigenvalue weighted by atomic mass is 10.1. The first-order valence-corrected chi connectivity index (χ1v) is 9.40. The Bertz CT molecular complexity index is 443. The van der Waals surface area contributed by atoms with Crippen molar-refractivity contribution in [1.82, 2.24) is 10.2 Å². The molecule has 3 amide bonds. The van der Waals surface area contributed by atoms with Crippen molar-refractivity contribution in [3.63, 3.8) is 0 Å². The van der Waals surface area contributed by atoms with Crippen LogP contribution in [0.3, 0.4) is 0 Å². The van der Waals surface area contributed by atoms with Gasteiger partial charge >= 0.3 is 0 Å². The molecule has 0 aromatic carbocycles. The fraction of sp³-hybridized carbons (Fsp3) is 0.833. The topological polar surface area (TPSA) is 94.2 Å². The number of hydrogen-bond acceptors (Lipinski definition) is 6. The van der Waals surface area contributed by atoms with Crippen molar-refractivity contribution in [2.24, 2.45) is 5.92 Å². The molecule has 8 nitrogen and oxygen atoms in total. The van der Waals surface area contributed by atoms with Crippen LogP contribution in [0.25, 0.3) is 0 Å². The minimum absolute atomic E-state index is 0.138. The van der Waals surface area contributed by atoms with Crippen LogP contribution in [0.15, 0.2) is 0 Å². The molecule has 1 fully saturated rings. The van der Waals surface area contributed by atoms with Gasteiger partial charge in [-0.15, -0.1) is 0 Å². The predicted molar refractivity (Wildman–Crippen MR) is 95.5 cm³/mol. The standard InChI is InChI=1S/C18H32N2O6/c1-3-8-24-10-12-26-13-11-25-9-4-6-19-16(21)5-7-20-17(22)14-15(2)18(20)23/h15H,3-14H2,1-2H3,(H,19,21). The summed E-state index contributed by atoms with van der Waals surface area (Å²) in [4.78, 5) is 36.3. The number of likely N-dealkylation sites (tertiary alicyclic amines) is 1. The molecule has 0 saturated carbocycles. The number of carbonyl (C=O) groups excluding carboxylic acids is 3. The Morgan fingerprint density at radius 1 is 1.08 bits per heavy atom. The number of nitrogens with one attached hydrogen (secondary N) is 1. The van der Waals surface area contributed by atoms with E-state index in [-0.39, 0.29) is 43.0 Å². The van der Waals surface area contributed by atoms with Gasteiger partial charge in [0.2, 0.25) is 17.7 Å². The lowest BCUT2D eigenvalue weighted by molar-refractivity contribution is -0.139. The summed E-state index contributed by atoms with van der Waals surface area (Å²) in [6.45, 7) is 7.96. The second-order valence-corrected chi connectivity index (χ2v) is 6.28. The molecule has 1 heterocycles. The van der Waals surface area contributed by atoms with Gasteiger partial charge in [-0.2, -0.15) is 0 Å². The number of carbonyl (C=O) groups is 3. The smallest absolute Gasteiger partial charge is 0.232 e. The van der Waals surface area contributed by atoms with Gasteiger partial charge in [0.05, 0.1) is 26.4 Å². The van der Waals surface area contributed by atoms with E-state index in [0.717, 1.165) is 13.0 Å². The van der Waals surface area contributed by atoms with Crippen LogP contribution in [0.2, 0.25) is 0 Å². The quantitative estimate of drug-likeness (QED) is 0.337. The van der Waals surface area contributed by atoms with E-state index < -0.39 is 0 Å². The number of nitrogens with zero attached hydrogens (tertiary/aromatic N) is 1. The van der Waals surface area contributed by atoms with E-state index in [1.807, 2.05) is 0 Å². The zero-order chi connectivity index (χ0) is 19.2. The second-order valence-electron chi connectivity index (χ2n) is 6.28. The number of rotatable bonds is 15. The molecule has 0 radical (unpaired) electrons. The molecule has 8 heteroatoms. The molecule has 0 spiro atoms. The normalized spacial score (nSPS) is 17.2. The molecule has 1 unspecified atom stereocenters. The number of ether oxygens (including phenoxy) is 3. The van der Waals surface area contributed by atoms with Gasteiger partial charge in [0.25, 0.3) is 0 Å². The first kappa shape index (κ1) is 22.5.